The number of para-hydroxylation sites is 3. The van der Waals surface area contributed by atoms with Gasteiger partial charge in [-0.1, -0.05) is 35.5 Å². The topological polar surface area (TPSA) is 63.1 Å². The van der Waals surface area contributed by atoms with Crippen molar-refractivity contribution >= 4 is 17.3 Å². The van der Waals surface area contributed by atoms with Crippen molar-refractivity contribution in [1.29, 1.82) is 0 Å². The van der Waals surface area contributed by atoms with Gasteiger partial charge in [0.25, 0.3) is 5.91 Å². The third-order valence-corrected chi connectivity index (χ3v) is 4.35. The van der Waals surface area contributed by atoms with E-state index in [1.165, 1.54) is 12.8 Å². The number of nitrogens with one attached hydrogen (secondary N) is 1. The van der Waals surface area contributed by atoms with Gasteiger partial charge in [-0.3, -0.25) is 4.79 Å². The first-order valence-corrected chi connectivity index (χ1v) is 8.44. The number of carbonyl (C=O) groups is 1. The number of hydrogen-bond acceptors (Lipinski definition) is 4. The largest absolute Gasteiger partial charge is 0.370 e. The van der Waals surface area contributed by atoms with Crippen LogP contribution in [0.5, 0.6) is 0 Å². The van der Waals surface area contributed by atoms with E-state index < -0.39 is 0 Å². The van der Waals surface area contributed by atoms with Crippen LogP contribution in [0.1, 0.15) is 23.3 Å². The molecule has 1 saturated heterocycles. The van der Waals surface area contributed by atoms with Crippen molar-refractivity contribution in [2.45, 2.75) is 12.8 Å². The third kappa shape index (κ3) is 3.24. The summed E-state index contributed by atoms with van der Waals surface area (Å²) in [5.41, 5.74) is 3.03. The number of hydrogen-bond donors (Lipinski definition) is 1. The minimum atomic E-state index is -0.256. The molecule has 0 atom stereocenters. The molecule has 1 fully saturated rings. The van der Waals surface area contributed by atoms with Crippen molar-refractivity contribution in [3.05, 3.63) is 66.5 Å². The Bertz CT molecular complexity index is 868. The Balaban J connectivity index is 1.54. The molecule has 1 aliphatic rings. The van der Waals surface area contributed by atoms with E-state index in [1.54, 1.807) is 10.9 Å². The van der Waals surface area contributed by atoms with E-state index in [1.807, 2.05) is 54.6 Å². The molecule has 2 aromatic carbocycles. The molecule has 0 saturated carbocycles. The SMILES string of the molecule is O=C(Nc1ccccc1N1CCCC1)c1cn(-c2ccccc2)nn1. The van der Waals surface area contributed by atoms with Crippen molar-refractivity contribution in [2.75, 3.05) is 23.3 Å². The molecule has 3 aromatic rings. The molecule has 1 amide bonds. The molecule has 0 radical (unpaired) electrons. The van der Waals surface area contributed by atoms with Crippen molar-refractivity contribution in [3.63, 3.8) is 0 Å². The maximum atomic E-state index is 12.6. The van der Waals surface area contributed by atoms with E-state index >= 15 is 0 Å². The fourth-order valence-electron chi connectivity index (χ4n) is 3.07. The standard InChI is InChI=1S/C19H19N5O/c25-19(17-14-24(22-21-17)15-8-2-1-3-9-15)20-16-10-4-5-11-18(16)23-12-6-7-13-23/h1-5,8-11,14H,6-7,12-13H2,(H,20,25). The molecule has 1 aromatic heterocycles. The van der Waals surface area contributed by atoms with Gasteiger partial charge in [0, 0.05) is 13.1 Å². The van der Waals surface area contributed by atoms with Gasteiger partial charge >= 0.3 is 0 Å². The number of amides is 1. The number of aromatic nitrogens is 3. The summed E-state index contributed by atoms with van der Waals surface area (Å²) in [6.07, 6.45) is 4.02. The molecule has 4 rings (SSSR count). The molecule has 126 valence electrons. The van der Waals surface area contributed by atoms with Crippen LogP contribution in [0, 0.1) is 0 Å². The van der Waals surface area contributed by atoms with E-state index in [-0.39, 0.29) is 5.91 Å². The van der Waals surface area contributed by atoms with Crippen LogP contribution in [-0.4, -0.2) is 34.0 Å². The van der Waals surface area contributed by atoms with Gasteiger partial charge in [0.15, 0.2) is 5.69 Å². The molecule has 0 spiro atoms. The monoisotopic (exact) mass is 333 g/mol. The predicted molar refractivity (Wildman–Crippen MR) is 97.2 cm³/mol. The maximum Gasteiger partial charge on any atom is 0.277 e. The van der Waals surface area contributed by atoms with Crippen LogP contribution in [0.4, 0.5) is 11.4 Å². The smallest absolute Gasteiger partial charge is 0.277 e. The van der Waals surface area contributed by atoms with Crippen molar-refractivity contribution in [2.24, 2.45) is 0 Å². The predicted octanol–water partition coefficient (Wildman–Crippen LogP) is 3.12. The van der Waals surface area contributed by atoms with Gasteiger partial charge in [-0.05, 0) is 37.1 Å². The van der Waals surface area contributed by atoms with E-state index in [0.717, 1.165) is 30.2 Å². The highest BCUT2D eigenvalue weighted by molar-refractivity contribution is 6.04. The van der Waals surface area contributed by atoms with Gasteiger partial charge in [0.05, 0.1) is 23.3 Å². The van der Waals surface area contributed by atoms with Crippen LogP contribution in [0.25, 0.3) is 5.69 Å². The van der Waals surface area contributed by atoms with Crippen molar-refractivity contribution < 1.29 is 4.79 Å². The number of anilines is 2. The molecule has 2 heterocycles. The molecule has 6 nitrogen and oxygen atoms in total. The van der Waals surface area contributed by atoms with Gasteiger partial charge in [0.1, 0.15) is 0 Å². The molecule has 1 aliphatic heterocycles. The Morgan fingerprint density at radius 3 is 2.48 bits per heavy atom. The second-order valence-corrected chi connectivity index (χ2v) is 6.05. The zero-order valence-electron chi connectivity index (χ0n) is 13.8. The summed E-state index contributed by atoms with van der Waals surface area (Å²) in [7, 11) is 0. The molecular weight excluding hydrogens is 314 g/mol. The molecular formula is C19H19N5O. The van der Waals surface area contributed by atoms with E-state index in [0.29, 0.717) is 5.69 Å². The molecule has 0 aliphatic carbocycles. The highest BCUT2D eigenvalue weighted by Crippen LogP contribution is 2.28. The van der Waals surface area contributed by atoms with Crippen molar-refractivity contribution in [1.82, 2.24) is 15.0 Å². The van der Waals surface area contributed by atoms with E-state index in [9.17, 15) is 4.79 Å². The Kier molecular flexibility index (Phi) is 4.16. The summed E-state index contributed by atoms with van der Waals surface area (Å²) in [6, 6.07) is 17.5. The first-order valence-electron chi connectivity index (χ1n) is 8.44. The lowest BCUT2D eigenvalue weighted by atomic mass is 10.2. The Morgan fingerprint density at radius 1 is 0.960 bits per heavy atom. The van der Waals surface area contributed by atoms with Crippen LogP contribution >= 0.6 is 0 Å². The third-order valence-electron chi connectivity index (χ3n) is 4.35. The second-order valence-electron chi connectivity index (χ2n) is 6.05. The molecule has 0 unspecified atom stereocenters. The zero-order valence-corrected chi connectivity index (χ0v) is 13.8. The van der Waals surface area contributed by atoms with Gasteiger partial charge in [-0.25, -0.2) is 4.68 Å². The first kappa shape index (κ1) is 15.4. The Labute approximate surface area is 146 Å². The number of benzene rings is 2. The average molecular weight is 333 g/mol. The minimum absolute atomic E-state index is 0.256. The van der Waals surface area contributed by atoms with Crippen LogP contribution in [0.15, 0.2) is 60.8 Å². The van der Waals surface area contributed by atoms with Crippen LogP contribution in [0.3, 0.4) is 0 Å². The normalized spacial score (nSPS) is 13.8. The summed E-state index contributed by atoms with van der Waals surface area (Å²) in [5.74, 6) is -0.256. The fraction of sp³-hybridized carbons (Fsp3) is 0.211. The number of rotatable bonds is 4. The maximum absolute atomic E-state index is 12.6. The highest BCUT2D eigenvalue weighted by Gasteiger charge is 2.18. The first-order chi connectivity index (χ1) is 12.3. The average Bonchev–Trinajstić information content (AvgIpc) is 3.35. The molecule has 1 N–H and O–H groups in total. The van der Waals surface area contributed by atoms with Crippen LogP contribution < -0.4 is 10.2 Å². The zero-order chi connectivity index (χ0) is 17.1. The lowest BCUT2D eigenvalue weighted by Crippen LogP contribution is -2.21. The summed E-state index contributed by atoms with van der Waals surface area (Å²) in [4.78, 5) is 14.9. The lowest BCUT2D eigenvalue weighted by molar-refractivity contribution is 0.102. The lowest BCUT2D eigenvalue weighted by Gasteiger charge is -2.21. The minimum Gasteiger partial charge on any atom is -0.370 e. The van der Waals surface area contributed by atoms with Gasteiger partial charge in [-0.15, -0.1) is 5.10 Å². The number of nitrogens with zero attached hydrogens (tertiary/aromatic N) is 4. The van der Waals surface area contributed by atoms with Crippen molar-refractivity contribution in [3.8, 4) is 5.69 Å². The van der Waals surface area contributed by atoms with Crippen LogP contribution in [0.2, 0.25) is 0 Å². The summed E-state index contributed by atoms with van der Waals surface area (Å²) >= 11 is 0. The van der Waals surface area contributed by atoms with Gasteiger partial charge in [-0.2, -0.15) is 0 Å². The summed E-state index contributed by atoms with van der Waals surface area (Å²) < 4.78 is 1.60. The molecule has 25 heavy (non-hydrogen) atoms. The Morgan fingerprint density at radius 2 is 1.68 bits per heavy atom. The molecule has 6 heteroatoms. The highest BCUT2D eigenvalue weighted by atomic mass is 16.2. The van der Waals surface area contributed by atoms with E-state index in [4.69, 9.17) is 0 Å². The van der Waals surface area contributed by atoms with Crippen LogP contribution in [-0.2, 0) is 0 Å². The Hall–Kier alpha value is -3.15. The van der Waals surface area contributed by atoms with Gasteiger partial charge < -0.3 is 10.2 Å². The number of carbonyl (C=O) groups excluding carboxylic acids is 1. The second kappa shape index (κ2) is 6.76. The fourth-order valence-corrected chi connectivity index (χ4v) is 3.07. The van der Waals surface area contributed by atoms with Gasteiger partial charge in [0.2, 0.25) is 0 Å². The summed E-state index contributed by atoms with van der Waals surface area (Å²) in [6.45, 7) is 2.05. The molecule has 0 bridgehead atoms. The van der Waals surface area contributed by atoms with E-state index in [2.05, 4.69) is 20.5 Å². The summed E-state index contributed by atoms with van der Waals surface area (Å²) in [5, 5.41) is 11.0. The quantitative estimate of drug-likeness (QED) is 0.797.